The van der Waals surface area contributed by atoms with Crippen LogP contribution in [0.5, 0.6) is 0 Å². The summed E-state index contributed by atoms with van der Waals surface area (Å²) in [7, 11) is 0. The highest BCUT2D eigenvalue weighted by Crippen LogP contribution is 2.21. The van der Waals surface area contributed by atoms with Crippen LogP contribution < -0.4 is 0 Å². The molecule has 1 atom stereocenters. The lowest BCUT2D eigenvalue weighted by Gasteiger charge is -2.32. The Kier molecular flexibility index (Phi) is 6.17. The van der Waals surface area contributed by atoms with E-state index in [-0.39, 0.29) is 18.4 Å². The molecule has 1 saturated heterocycles. The Hall–Kier alpha value is -2.04. The first kappa shape index (κ1) is 18.7. The fourth-order valence-electron chi connectivity index (χ4n) is 3.08. The minimum absolute atomic E-state index is 0.0432. The zero-order valence-corrected chi connectivity index (χ0v) is 15.7. The third-order valence-corrected chi connectivity index (χ3v) is 4.86. The van der Waals surface area contributed by atoms with Gasteiger partial charge in [0, 0.05) is 34.6 Å². The highest BCUT2D eigenvalue weighted by molar-refractivity contribution is 6.31. The highest BCUT2D eigenvalue weighted by atomic mass is 35.5. The Morgan fingerprint density at radius 2 is 1.69 bits per heavy atom. The molecule has 1 heterocycles. The summed E-state index contributed by atoms with van der Waals surface area (Å²) in [5.41, 5.74) is 1.01. The number of esters is 1. The zero-order chi connectivity index (χ0) is 18.5. The molecule has 0 N–H and O–H groups in total. The van der Waals surface area contributed by atoms with E-state index >= 15 is 0 Å². The minimum Gasteiger partial charge on any atom is -0.462 e. The van der Waals surface area contributed by atoms with Gasteiger partial charge in [0.05, 0.1) is 12.2 Å². The van der Waals surface area contributed by atoms with Crippen molar-refractivity contribution in [3.63, 3.8) is 0 Å². The number of piperidine rings is 1. The number of hydrogen-bond acceptors (Lipinski definition) is 3. The Bertz CT molecular complexity index is 809. The lowest BCUT2D eigenvalue weighted by atomic mass is 9.98. The van der Waals surface area contributed by atoms with Crippen LogP contribution in [0.3, 0.4) is 0 Å². The molecule has 0 radical (unpaired) electrons. The average Bonchev–Trinajstić information content (AvgIpc) is 2.65. The number of rotatable bonds is 4. The van der Waals surface area contributed by atoms with Gasteiger partial charge in [-0.1, -0.05) is 35.3 Å². The maximum Gasteiger partial charge on any atom is 0.338 e. The van der Waals surface area contributed by atoms with E-state index in [1.807, 2.05) is 0 Å². The van der Waals surface area contributed by atoms with E-state index in [1.54, 1.807) is 53.4 Å². The molecule has 0 saturated carbocycles. The summed E-state index contributed by atoms with van der Waals surface area (Å²) in [5, 5.41) is 1.04. The van der Waals surface area contributed by atoms with Crippen LogP contribution in [0.15, 0.2) is 48.5 Å². The van der Waals surface area contributed by atoms with Crippen molar-refractivity contribution in [3.05, 3.63) is 69.7 Å². The summed E-state index contributed by atoms with van der Waals surface area (Å²) < 4.78 is 5.42. The van der Waals surface area contributed by atoms with E-state index in [9.17, 15) is 9.59 Å². The Morgan fingerprint density at radius 3 is 2.38 bits per heavy atom. The minimum atomic E-state index is -0.397. The number of nitrogens with zero attached hydrogens (tertiary/aromatic N) is 1. The molecular weight excluding hydrogens is 373 g/mol. The molecule has 0 aliphatic carbocycles. The highest BCUT2D eigenvalue weighted by Gasteiger charge is 2.25. The first-order valence-corrected chi connectivity index (χ1v) is 9.26. The fraction of sp³-hybridized carbons (Fsp3) is 0.300. The molecule has 0 bridgehead atoms. The molecule has 1 fully saturated rings. The van der Waals surface area contributed by atoms with Gasteiger partial charge >= 0.3 is 5.97 Å². The molecule has 1 aliphatic heterocycles. The fourth-order valence-corrected chi connectivity index (χ4v) is 3.46. The summed E-state index contributed by atoms with van der Waals surface area (Å²) in [5.74, 6) is -0.320. The van der Waals surface area contributed by atoms with Crippen LogP contribution in [0.25, 0.3) is 0 Å². The van der Waals surface area contributed by atoms with Crippen molar-refractivity contribution in [1.29, 1.82) is 0 Å². The number of halogens is 2. The van der Waals surface area contributed by atoms with Crippen molar-refractivity contribution in [3.8, 4) is 0 Å². The van der Waals surface area contributed by atoms with Gasteiger partial charge in [-0.05, 0) is 49.2 Å². The van der Waals surface area contributed by atoms with E-state index in [4.69, 9.17) is 27.9 Å². The smallest absolute Gasteiger partial charge is 0.338 e. The molecule has 1 aliphatic rings. The predicted octanol–water partition coefficient (Wildman–Crippen LogP) is 4.70. The first-order valence-electron chi connectivity index (χ1n) is 8.50. The van der Waals surface area contributed by atoms with E-state index < -0.39 is 5.97 Å². The van der Waals surface area contributed by atoms with Crippen LogP contribution in [0, 0.1) is 5.92 Å². The molecule has 4 nitrogen and oxygen atoms in total. The van der Waals surface area contributed by atoms with Crippen LogP contribution in [0.1, 0.15) is 33.6 Å². The average molecular weight is 392 g/mol. The maximum atomic E-state index is 12.6. The van der Waals surface area contributed by atoms with Crippen molar-refractivity contribution in [2.75, 3.05) is 19.7 Å². The van der Waals surface area contributed by atoms with Crippen LogP contribution >= 0.6 is 23.2 Å². The normalized spacial score (nSPS) is 17.0. The molecule has 2 aromatic carbocycles. The van der Waals surface area contributed by atoms with Crippen LogP contribution in [0.2, 0.25) is 10.0 Å². The quantitative estimate of drug-likeness (QED) is 0.709. The second kappa shape index (κ2) is 8.56. The number of benzene rings is 2. The molecule has 136 valence electrons. The third kappa shape index (κ3) is 4.77. The van der Waals surface area contributed by atoms with Crippen molar-refractivity contribution < 1.29 is 14.3 Å². The third-order valence-electron chi connectivity index (χ3n) is 4.39. The second-order valence-electron chi connectivity index (χ2n) is 6.38. The van der Waals surface area contributed by atoms with Gasteiger partial charge in [-0.15, -0.1) is 0 Å². The Labute approximate surface area is 162 Å². The number of likely N-dealkylation sites (tertiary alicyclic amines) is 1. The van der Waals surface area contributed by atoms with Gasteiger partial charge in [0.25, 0.3) is 5.91 Å². The van der Waals surface area contributed by atoms with Crippen LogP contribution in [-0.4, -0.2) is 36.5 Å². The van der Waals surface area contributed by atoms with Crippen LogP contribution in [0.4, 0.5) is 0 Å². The first-order chi connectivity index (χ1) is 12.5. The van der Waals surface area contributed by atoms with Gasteiger partial charge in [0.15, 0.2) is 0 Å². The summed E-state index contributed by atoms with van der Waals surface area (Å²) in [6.07, 6.45) is 1.80. The van der Waals surface area contributed by atoms with E-state index in [1.165, 1.54) is 0 Å². The van der Waals surface area contributed by atoms with Gasteiger partial charge < -0.3 is 9.64 Å². The standard InChI is InChI=1S/C20H19Cl2NO3/c21-17-7-1-5-15(10-17)19(24)23-9-3-4-14(12-23)13-26-20(25)16-6-2-8-18(22)11-16/h1-2,5-8,10-11,14H,3-4,9,12-13H2/t14-/m1/s1. The zero-order valence-electron chi connectivity index (χ0n) is 14.2. The number of carbonyl (C=O) groups excluding carboxylic acids is 2. The SMILES string of the molecule is O=C(OC[C@@H]1CCCN(C(=O)c2cccc(Cl)c2)C1)c1cccc(Cl)c1. The summed E-state index contributed by atoms with van der Waals surface area (Å²) in [6, 6.07) is 13.6. The summed E-state index contributed by atoms with van der Waals surface area (Å²) in [4.78, 5) is 26.6. The Morgan fingerprint density at radius 1 is 1.04 bits per heavy atom. The second-order valence-corrected chi connectivity index (χ2v) is 7.25. The molecule has 0 spiro atoms. The predicted molar refractivity (Wildman–Crippen MR) is 102 cm³/mol. The van der Waals surface area contributed by atoms with Crippen molar-refractivity contribution >= 4 is 35.1 Å². The molecule has 0 unspecified atom stereocenters. The molecule has 26 heavy (non-hydrogen) atoms. The van der Waals surface area contributed by atoms with Gasteiger partial charge in [0.1, 0.15) is 0 Å². The Balaban J connectivity index is 1.57. The van der Waals surface area contributed by atoms with Gasteiger partial charge in [0.2, 0.25) is 0 Å². The van der Waals surface area contributed by atoms with Crippen LogP contribution in [-0.2, 0) is 4.74 Å². The summed E-state index contributed by atoms with van der Waals surface area (Å²) >= 11 is 11.9. The number of amides is 1. The molecule has 1 amide bonds. The summed E-state index contributed by atoms with van der Waals surface area (Å²) in [6.45, 7) is 1.54. The number of ether oxygens (including phenoxy) is 1. The molecule has 3 rings (SSSR count). The van der Waals surface area contributed by atoms with Gasteiger partial charge in [-0.3, -0.25) is 4.79 Å². The largest absolute Gasteiger partial charge is 0.462 e. The lowest BCUT2D eigenvalue weighted by molar-refractivity contribution is 0.0342. The molecule has 6 heteroatoms. The van der Waals surface area contributed by atoms with E-state index in [0.29, 0.717) is 34.3 Å². The number of hydrogen-bond donors (Lipinski definition) is 0. The van der Waals surface area contributed by atoms with Crippen molar-refractivity contribution in [2.24, 2.45) is 5.92 Å². The molecular formula is C20H19Cl2NO3. The van der Waals surface area contributed by atoms with Crippen molar-refractivity contribution in [2.45, 2.75) is 12.8 Å². The monoisotopic (exact) mass is 391 g/mol. The topological polar surface area (TPSA) is 46.6 Å². The molecule has 2 aromatic rings. The van der Waals surface area contributed by atoms with Crippen molar-refractivity contribution in [1.82, 2.24) is 4.90 Å². The lowest BCUT2D eigenvalue weighted by Crippen LogP contribution is -2.41. The van der Waals surface area contributed by atoms with Gasteiger partial charge in [-0.25, -0.2) is 4.79 Å². The van der Waals surface area contributed by atoms with Gasteiger partial charge in [-0.2, -0.15) is 0 Å². The molecule has 0 aromatic heterocycles. The van der Waals surface area contributed by atoms with E-state index in [0.717, 1.165) is 12.8 Å². The maximum absolute atomic E-state index is 12.6. The number of carbonyl (C=O) groups is 2. The van der Waals surface area contributed by atoms with E-state index in [2.05, 4.69) is 0 Å².